The molecule has 0 unspecified atom stereocenters. The van der Waals surface area contributed by atoms with Crippen molar-refractivity contribution in [3.05, 3.63) is 71.2 Å². The van der Waals surface area contributed by atoms with Crippen molar-refractivity contribution in [1.82, 2.24) is 10.3 Å². The minimum atomic E-state index is -2.96. The minimum absolute atomic E-state index is 0.0596. The smallest absolute Gasteiger partial charge is 0.387 e. The van der Waals surface area contributed by atoms with Gasteiger partial charge in [-0.25, -0.2) is 4.98 Å². The molecule has 3 aromatic rings. The number of halogens is 2. The SMILES string of the molecule is COc1ccc(CCNC(=O)/C=C/c2csc(N(C(C)=O)c3ccccc3)n2)cc1OC(F)F. The van der Waals surface area contributed by atoms with E-state index in [2.05, 4.69) is 15.0 Å². The summed E-state index contributed by atoms with van der Waals surface area (Å²) in [5, 5.41) is 4.98. The lowest BCUT2D eigenvalue weighted by Gasteiger charge is -2.17. The summed E-state index contributed by atoms with van der Waals surface area (Å²) < 4.78 is 34.6. The Kier molecular flexibility index (Phi) is 8.69. The Balaban J connectivity index is 1.56. The number of benzene rings is 2. The van der Waals surface area contributed by atoms with E-state index >= 15 is 0 Å². The predicted molar refractivity (Wildman–Crippen MR) is 127 cm³/mol. The molecule has 2 amide bonds. The van der Waals surface area contributed by atoms with Crippen LogP contribution in [-0.2, 0) is 16.0 Å². The zero-order chi connectivity index (χ0) is 24.5. The zero-order valence-electron chi connectivity index (χ0n) is 18.5. The average Bonchev–Trinajstić information content (AvgIpc) is 3.26. The third-order valence-corrected chi connectivity index (χ3v) is 5.44. The van der Waals surface area contributed by atoms with Crippen LogP contribution in [-0.4, -0.2) is 37.1 Å². The number of hydrogen-bond donors (Lipinski definition) is 1. The van der Waals surface area contributed by atoms with E-state index in [0.717, 1.165) is 0 Å². The van der Waals surface area contributed by atoms with Crippen LogP contribution in [0, 0.1) is 0 Å². The van der Waals surface area contributed by atoms with Gasteiger partial charge in [0.15, 0.2) is 16.6 Å². The predicted octanol–water partition coefficient (Wildman–Crippen LogP) is 4.81. The summed E-state index contributed by atoms with van der Waals surface area (Å²) in [7, 11) is 1.37. The molecular formula is C24H23F2N3O4S. The number of para-hydroxylation sites is 1. The van der Waals surface area contributed by atoms with E-state index in [9.17, 15) is 18.4 Å². The van der Waals surface area contributed by atoms with Crippen LogP contribution in [0.3, 0.4) is 0 Å². The summed E-state index contributed by atoms with van der Waals surface area (Å²) in [6.45, 7) is -1.21. The Bertz CT molecular complexity index is 1150. The molecule has 3 rings (SSSR count). The van der Waals surface area contributed by atoms with E-state index in [4.69, 9.17) is 4.74 Å². The lowest BCUT2D eigenvalue weighted by atomic mass is 10.1. The number of aromatic nitrogens is 1. The van der Waals surface area contributed by atoms with Crippen LogP contribution in [0.4, 0.5) is 19.6 Å². The third-order valence-electron chi connectivity index (χ3n) is 4.59. The summed E-state index contributed by atoms with van der Waals surface area (Å²) in [4.78, 5) is 30.2. The molecule has 7 nitrogen and oxygen atoms in total. The third kappa shape index (κ3) is 6.85. The lowest BCUT2D eigenvalue weighted by Crippen LogP contribution is -2.23. The zero-order valence-corrected chi connectivity index (χ0v) is 19.4. The van der Waals surface area contributed by atoms with E-state index in [1.54, 1.807) is 17.5 Å². The molecule has 1 heterocycles. The van der Waals surface area contributed by atoms with Crippen molar-refractivity contribution in [2.24, 2.45) is 0 Å². The van der Waals surface area contributed by atoms with Crippen molar-refractivity contribution in [1.29, 1.82) is 0 Å². The number of carbonyl (C=O) groups is 2. The highest BCUT2D eigenvalue weighted by atomic mass is 32.1. The van der Waals surface area contributed by atoms with E-state index in [-0.39, 0.29) is 29.9 Å². The van der Waals surface area contributed by atoms with Gasteiger partial charge in [-0.1, -0.05) is 24.3 Å². The first-order chi connectivity index (χ1) is 16.4. The maximum Gasteiger partial charge on any atom is 0.387 e. The Morgan fingerprint density at radius 1 is 1.18 bits per heavy atom. The van der Waals surface area contributed by atoms with Crippen LogP contribution >= 0.6 is 11.3 Å². The molecule has 0 atom stereocenters. The maximum absolute atomic E-state index is 12.6. The van der Waals surface area contributed by atoms with Crippen LogP contribution in [0.2, 0.25) is 0 Å². The topological polar surface area (TPSA) is 80.8 Å². The van der Waals surface area contributed by atoms with Crippen LogP contribution in [0.25, 0.3) is 6.08 Å². The van der Waals surface area contributed by atoms with Gasteiger partial charge in [0.2, 0.25) is 11.8 Å². The first-order valence-electron chi connectivity index (χ1n) is 10.3. The van der Waals surface area contributed by atoms with Crippen molar-refractivity contribution >= 4 is 40.0 Å². The molecule has 0 bridgehead atoms. The molecule has 0 spiro atoms. The van der Waals surface area contributed by atoms with E-state index in [1.807, 2.05) is 30.3 Å². The number of hydrogen-bond acceptors (Lipinski definition) is 6. The number of alkyl halides is 2. The molecule has 0 fully saturated rings. The average molecular weight is 488 g/mol. The van der Waals surface area contributed by atoms with Gasteiger partial charge >= 0.3 is 6.61 Å². The number of methoxy groups -OCH3 is 1. The maximum atomic E-state index is 12.6. The van der Waals surface area contributed by atoms with Crippen molar-refractivity contribution in [3.63, 3.8) is 0 Å². The molecule has 0 aliphatic carbocycles. The molecule has 0 aliphatic rings. The highest BCUT2D eigenvalue weighted by Gasteiger charge is 2.17. The quantitative estimate of drug-likeness (QED) is 0.415. The van der Waals surface area contributed by atoms with Crippen molar-refractivity contribution in [2.45, 2.75) is 20.0 Å². The van der Waals surface area contributed by atoms with Crippen LogP contribution < -0.4 is 19.7 Å². The molecule has 1 N–H and O–H groups in total. The fourth-order valence-corrected chi connectivity index (χ4v) is 3.93. The van der Waals surface area contributed by atoms with Crippen molar-refractivity contribution < 1.29 is 27.8 Å². The molecule has 1 aromatic heterocycles. The first-order valence-corrected chi connectivity index (χ1v) is 11.1. The molecule has 2 aromatic carbocycles. The Morgan fingerprint density at radius 3 is 2.62 bits per heavy atom. The van der Waals surface area contributed by atoms with Gasteiger partial charge in [-0.3, -0.25) is 14.5 Å². The number of carbonyl (C=O) groups excluding carboxylic acids is 2. The Morgan fingerprint density at radius 2 is 1.94 bits per heavy atom. The number of nitrogens with zero attached hydrogens (tertiary/aromatic N) is 2. The van der Waals surface area contributed by atoms with Crippen LogP contribution in [0.1, 0.15) is 18.2 Å². The molecule has 10 heteroatoms. The van der Waals surface area contributed by atoms with Gasteiger partial charge < -0.3 is 14.8 Å². The highest BCUT2D eigenvalue weighted by molar-refractivity contribution is 7.14. The number of amides is 2. The number of ether oxygens (including phenoxy) is 2. The van der Waals surface area contributed by atoms with Crippen molar-refractivity contribution in [3.8, 4) is 11.5 Å². The minimum Gasteiger partial charge on any atom is -0.493 e. The fraction of sp³-hybridized carbons (Fsp3) is 0.208. The number of rotatable bonds is 10. The summed E-state index contributed by atoms with van der Waals surface area (Å²) in [5.74, 6) is -0.363. The highest BCUT2D eigenvalue weighted by Crippen LogP contribution is 2.30. The molecular weight excluding hydrogens is 464 g/mol. The van der Waals surface area contributed by atoms with Gasteiger partial charge in [-0.15, -0.1) is 11.3 Å². The van der Waals surface area contributed by atoms with Gasteiger partial charge in [-0.05, 0) is 42.3 Å². The summed E-state index contributed by atoms with van der Waals surface area (Å²) in [5.41, 5.74) is 1.95. The standard InChI is InChI=1S/C24H23F2N3O4S/c1-16(30)29(19-6-4-3-5-7-19)24-28-18(15-34-24)9-11-22(31)27-13-12-17-8-10-20(32-2)21(14-17)33-23(25)26/h3-11,14-15,23H,12-13H2,1-2H3,(H,27,31)/b11-9+. The molecule has 178 valence electrons. The second-order valence-corrected chi connectivity index (χ2v) is 7.82. The Hall–Kier alpha value is -3.79. The molecule has 0 saturated carbocycles. The van der Waals surface area contributed by atoms with Crippen LogP contribution in [0.5, 0.6) is 11.5 Å². The van der Waals surface area contributed by atoms with Gasteiger partial charge in [-0.2, -0.15) is 8.78 Å². The molecule has 34 heavy (non-hydrogen) atoms. The number of thiazole rings is 1. The fourth-order valence-electron chi connectivity index (χ4n) is 3.07. The second kappa shape index (κ2) is 11.9. The Labute approximate surface area is 199 Å². The lowest BCUT2D eigenvalue weighted by molar-refractivity contribution is -0.117. The van der Waals surface area contributed by atoms with Crippen molar-refractivity contribution in [2.75, 3.05) is 18.6 Å². The summed E-state index contributed by atoms with van der Waals surface area (Å²) >= 11 is 1.29. The van der Waals surface area contributed by atoms with Gasteiger partial charge in [0.25, 0.3) is 0 Å². The second-order valence-electron chi connectivity index (χ2n) is 6.98. The van der Waals surface area contributed by atoms with Gasteiger partial charge in [0.05, 0.1) is 18.5 Å². The normalized spacial score (nSPS) is 11.0. The monoisotopic (exact) mass is 487 g/mol. The molecule has 0 aliphatic heterocycles. The van der Waals surface area contributed by atoms with Crippen LogP contribution in [0.15, 0.2) is 60.0 Å². The molecule has 0 radical (unpaired) electrons. The van der Waals surface area contributed by atoms with E-state index in [0.29, 0.717) is 28.5 Å². The summed E-state index contributed by atoms with van der Waals surface area (Å²) in [6, 6.07) is 13.9. The number of anilines is 2. The van der Waals surface area contributed by atoms with E-state index < -0.39 is 6.61 Å². The van der Waals surface area contributed by atoms with E-state index in [1.165, 1.54) is 48.5 Å². The molecule has 0 saturated heterocycles. The van der Waals surface area contributed by atoms with Gasteiger partial charge in [0, 0.05) is 24.9 Å². The summed E-state index contributed by atoms with van der Waals surface area (Å²) in [6.07, 6.45) is 3.31. The van der Waals surface area contributed by atoms with Gasteiger partial charge in [0.1, 0.15) is 0 Å². The largest absolute Gasteiger partial charge is 0.493 e. The first kappa shape index (κ1) is 24.8. The number of nitrogens with one attached hydrogen (secondary N) is 1.